The predicted octanol–water partition coefficient (Wildman–Crippen LogP) is 12.8. The Hall–Kier alpha value is -7.50. The van der Waals surface area contributed by atoms with Crippen molar-refractivity contribution in [2.45, 2.75) is 0 Å². The minimum absolute atomic E-state index is 0.587. The molecule has 0 aliphatic carbocycles. The second-order valence-corrected chi connectivity index (χ2v) is 13.5. The maximum atomic E-state index is 6.18. The molecule has 0 radical (unpaired) electrons. The Morgan fingerprint density at radius 2 is 1.04 bits per heavy atom. The average molecular weight is 705 g/mol. The van der Waals surface area contributed by atoms with Gasteiger partial charge in [0.1, 0.15) is 5.52 Å². The van der Waals surface area contributed by atoms with Crippen molar-refractivity contribution in [2.75, 3.05) is 0 Å². The lowest BCUT2D eigenvalue weighted by Gasteiger charge is -2.18. The van der Waals surface area contributed by atoms with Gasteiger partial charge in [-0.15, -0.1) is 0 Å². The molecule has 0 fully saturated rings. The van der Waals surface area contributed by atoms with Crippen LogP contribution in [0.25, 0.3) is 101 Å². The molecule has 7 aromatic carbocycles. The van der Waals surface area contributed by atoms with Crippen molar-refractivity contribution in [3.05, 3.63) is 194 Å². The third-order valence-electron chi connectivity index (χ3n) is 10.1. The SMILES string of the molecule is c1ccc(-c2cc(-c3ccccc3-c3c(-c4ccc(-c5ccc6nc(-c7ccncc7)oc6c5)cc4)ccc4ccccc34)nc(-c3ccccc3)n2)cc1. The highest BCUT2D eigenvalue weighted by Crippen LogP contribution is 2.43. The smallest absolute Gasteiger partial charge is 0.227 e. The van der Waals surface area contributed by atoms with Crippen LogP contribution in [-0.2, 0) is 0 Å². The lowest BCUT2D eigenvalue weighted by Crippen LogP contribution is -1.97. The number of nitrogens with zero attached hydrogens (tertiary/aromatic N) is 4. The summed E-state index contributed by atoms with van der Waals surface area (Å²) < 4.78 is 6.18. The van der Waals surface area contributed by atoms with Crippen LogP contribution < -0.4 is 0 Å². The summed E-state index contributed by atoms with van der Waals surface area (Å²) in [7, 11) is 0. The van der Waals surface area contributed by atoms with Gasteiger partial charge in [0.15, 0.2) is 11.4 Å². The number of hydrogen-bond acceptors (Lipinski definition) is 5. The lowest BCUT2D eigenvalue weighted by atomic mass is 9.86. The van der Waals surface area contributed by atoms with Crippen molar-refractivity contribution < 1.29 is 4.42 Å². The van der Waals surface area contributed by atoms with E-state index in [1.807, 2.05) is 54.6 Å². The molecule has 55 heavy (non-hydrogen) atoms. The molecule has 0 saturated carbocycles. The summed E-state index contributed by atoms with van der Waals surface area (Å²) in [6.07, 6.45) is 3.49. The number of fused-ring (bicyclic) bond motifs is 2. The van der Waals surface area contributed by atoms with Crippen LogP contribution in [-0.4, -0.2) is 19.9 Å². The Balaban J connectivity index is 1.09. The number of pyridine rings is 1. The largest absolute Gasteiger partial charge is 0.436 e. The fraction of sp³-hybridized carbons (Fsp3) is 0. The van der Waals surface area contributed by atoms with Crippen LogP contribution >= 0.6 is 0 Å². The van der Waals surface area contributed by atoms with Gasteiger partial charge in [-0.3, -0.25) is 4.98 Å². The van der Waals surface area contributed by atoms with Gasteiger partial charge >= 0.3 is 0 Å². The van der Waals surface area contributed by atoms with Crippen molar-refractivity contribution in [3.63, 3.8) is 0 Å². The number of hydrogen-bond donors (Lipinski definition) is 0. The van der Waals surface area contributed by atoms with E-state index in [-0.39, 0.29) is 0 Å². The number of benzene rings is 7. The summed E-state index contributed by atoms with van der Waals surface area (Å²) in [6.45, 7) is 0. The third-order valence-corrected chi connectivity index (χ3v) is 10.1. The molecule has 0 unspecified atom stereocenters. The standard InChI is InChI=1S/C50H32N4O/c1-3-12-36(13-4-1)45-32-46(53-49(52-45)37-14-5-2-6-15-37)42-17-9-10-18-43(42)48-40-16-8-7-11-34(40)23-25-41(48)35-21-19-33(20-22-35)39-24-26-44-47(31-39)55-50(54-44)38-27-29-51-30-28-38/h1-32H. The number of aromatic nitrogens is 4. The Morgan fingerprint density at radius 3 is 1.84 bits per heavy atom. The summed E-state index contributed by atoms with van der Waals surface area (Å²) in [5.41, 5.74) is 14.0. The Bertz CT molecular complexity index is 2900. The lowest BCUT2D eigenvalue weighted by molar-refractivity contribution is 0.620. The molecule has 3 heterocycles. The molecular weight excluding hydrogens is 673 g/mol. The van der Waals surface area contributed by atoms with Gasteiger partial charge in [-0.1, -0.05) is 152 Å². The van der Waals surface area contributed by atoms with Crippen molar-refractivity contribution in [2.24, 2.45) is 0 Å². The summed E-state index contributed by atoms with van der Waals surface area (Å²) in [6, 6.07) is 63.1. The third kappa shape index (κ3) is 6.14. The fourth-order valence-electron chi connectivity index (χ4n) is 7.35. The van der Waals surface area contributed by atoms with Gasteiger partial charge in [0.25, 0.3) is 0 Å². The zero-order valence-corrected chi connectivity index (χ0v) is 29.7. The van der Waals surface area contributed by atoms with E-state index in [1.54, 1.807) is 12.4 Å². The first-order valence-electron chi connectivity index (χ1n) is 18.3. The first-order valence-corrected chi connectivity index (χ1v) is 18.3. The Morgan fingerprint density at radius 1 is 0.382 bits per heavy atom. The molecule has 0 atom stereocenters. The van der Waals surface area contributed by atoms with E-state index in [0.29, 0.717) is 11.7 Å². The van der Waals surface area contributed by atoms with Crippen LogP contribution in [0.15, 0.2) is 199 Å². The maximum Gasteiger partial charge on any atom is 0.227 e. The van der Waals surface area contributed by atoms with E-state index in [1.165, 1.54) is 10.8 Å². The molecule has 5 nitrogen and oxygen atoms in total. The van der Waals surface area contributed by atoms with Gasteiger partial charge in [-0.05, 0) is 74.5 Å². The quantitative estimate of drug-likeness (QED) is 0.165. The van der Waals surface area contributed by atoms with Gasteiger partial charge in [0.05, 0.1) is 11.4 Å². The normalized spacial score (nSPS) is 11.3. The Kier molecular flexibility index (Phi) is 8.08. The highest BCUT2D eigenvalue weighted by atomic mass is 16.3. The topological polar surface area (TPSA) is 64.7 Å². The van der Waals surface area contributed by atoms with E-state index >= 15 is 0 Å². The van der Waals surface area contributed by atoms with Crippen molar-refractivity contribution in [3.8, 4) is 78.7 Å². The van der Waals surface area contributed by atoms with Crippen LogP contribution in [0.5, 0.6) is 0 Å². The average Bonchev–Trinajstić information content (AvgIpc) is 3.71. The van der Waals surface area contributed by atoms with E-state index in [2.05, 4.69) is 132 Å². The van der Waals surface area contributed by atoms with E-state index in [0.717, 1.165) is 78.1 Å². The molecule has 5 heteroatoms. The van der Waals surface area contributed by atoms with E-state index in [4.69, 9.17) is 19.4 Å². The van der Waals surface area contributed by atoms with Gasteiger partial charge in [-0.25, -0.2) is 15.0 Å². The summed E-state index contributed by atoms with van der Waals surface area (Å²) in [5, 5.41) is 2.36. The molecule has 0 saturated heterocycles. The highest BCUT2D eigenvalue weighted by molar-refractivity contribution is 6.07. The molecule has 0 aliphatic rings. The molecule has 0 spiro atoms. The maximum absolute atomic E-state index is 6.18. The highest BCUT2D eigenvalue weighted by Gasteiger charge is 2.19. The number of rotatable bonds is 7. The van der Waals surface area contributed by atoms with Gasteiger partial charge in [-0.2, -0.15) is 0 Å². The zero-order chi connectivity index (χ0) is 36.6. The van der Waals surface area contributed by atoms with Gasteiger partial charge < -0.3 is 4.42 Å². The molecule has 10 aromatic rings. The fourth-order valence-corrected chi connectivity index (χ4v) is 7.35. The van der Waals surface area contributed by atoms with Crippen molar-refractivity contribution >= 4 is 21.9 Å². The molecule has 3 aromatic heterocycles. The molecular formula is C50H32N4O. The van der Waals surface area contributed by atoms with Crippen LogP contribution in [0.2, 0.25) is 0 Å². The minimum Gasteiger partial charge on any atom is -0.436 e. The van der Waals surface area contributed by atoms with Crippen LogP contribution in [0.1, 0.15) is 0 Å². The molecule has 10 rings (SSSR count). The van der Waals surface area contributed by atoms with Crippen LogP contribution in [0.3, 0.4) is 0 Å². The summed E-state index contributed by atoms with van der Waals surface area (Å²) in [5.74, 6) is 1.28. The van der Waals surface area contributed by atoms with Gasteiger partial charge in [0, 0.05) is 34.6 Å². The molecule has 0 aliphatic heterocycles. The summed E-state index contributed by atoms with van der Waals surface area (Å²) >= 11 is 0. The monoisotopic (exact) mass is 704 g/mol. The minimum atomic E-state index is 0.587. The molecule has 0 bridgehead atoms. The zero-order valence-electron chi connectivity index (χ0n) is 29.7. The van der Waals surface area contributed by atoms with Gasteiger partial charge in [0.2, 0.25) is 5.89 Å². The van der Waals surface area contributed by atoms with Crippen LogP contribution in [0, 0.1) is 0 Å². The van der Waals surface area contributed by atoms with Crippen molar-refractivity contribution in [1.82, 2.24) is 19.9 Å². The van der Waals surface area contributed by atoms with Crippen LogP contribution in [0.4, 0.5) is 0 Å². The Labute approximate surface area is 318 Å². The van der Waals surface area contributed by atoms with E-state index < -0.39 is 0 Å². The molecule has 258 valence electrons. The molecule has 0 N–H and O–H groups in total. The predicted molar refractivity (Wildman–Crippen MR) is 223 cm³/mol. The first kappa shape index (κ1) is 32.2. The second kappa shape index (κ2) is 13.8. The second-order valence-electron chi connectivity index (χ2n) is 13.5. The number of oxazole rings is 1. The van der Waals surface area contributed by atoms with E-state index in [9.17, 15) is 0 Å². The molecule has 0 amide bonds. The summed E-state index contributed by atoms with van der Waals surface area (Å²) in [4.78, 5) is 19.1. The van der Waals surface area contributed by atoms with Crippen molar-refractivity contribution in [1.29, 1.82) is 0 Å². The first-order chi connectivity index (χ1) is 27.2.